The van der Waals surface area contributed by atoms with Gasteiger partial charge in [0.1, 0.15) is 5.82 Å². The predicted molar refractivity (Wildman–Crippen MR) is 42.1 cm³/mol. The highest BCUT2D eigenvalue weighted by atomic mass is 19.4. The molecule has 1 aromatic rings. The number of benzene rings is 1. The fourth-order valence-corrected chi connectivity index (χ4v) is 1.05. The number of hydrogen-bond acceptors (Lipinski definition) is 2. The average Bonchev–Trinajstić information content (AvgIpc) is 1.99. The fourth-order valence-electron chi connectivity index (χ4n) is 1.05. The Morgan fingerprint density at radius 1 is 1.27 bits per heavy atom. The minimum absolute atomic E-state index is 0.295. The van der Waals surface area contributed by atoms with E-state index in [1.165, 1.54) is 0 Å². The second kappa shape index (κ2) is 3.84. The van der Waals surface area contributed by atoms with Gasteiger partial charge in [0, 0.05) is 10.5 Å². The average molecular weight is 223 g/mol. The van der Waals surface area contributed by atoms with Gasteiger partial charge < -0.3 is 0 Å². The van der Waals surface area contributed by atoms with E-state index >= 15 is 0 Å². The van der Waals surface area contributed by atoms with Crippen LogP contribution in [-0.4, -0.2) is 4.92 Å². The van der Waals surface area contributed by atoms with Crippen molar-refractivity contribution in [3.8, 4) is 0 Å². The summed E-state index contributed by atoms with van der Waals surface area (Å²) in [6.45, 7) is -0.832. The summed E-state index contributed by atoms with van der Waals surface area (Å²) in [5, 5.41) is 10.0. The van der Waals surface area contributed by atoms with Crippen LogP contribution >= 0.6 is 0 Å². The highest BCUT2D eigenvalue weighted by Crippen LogP contribution is 2.30. The molecule has 1 rings (SSSR count). The predicted octanol–water partition coefficient (Wildman–Crippen LogP) is 2.62. The van der Waals surface area contributed by atoms with Crippen LogP contribution in [0, 0.1) is 15.9 Å². The van der Waals surface area contributed by atoms with E-state index in [4.69, 9.17) is 0 Å². The van der Waals surface area contributed by atoms with Gasteiger partial charge in [0.2, 0.25) is 6.54 Å². The molecule has 0 spiro atoms. The maximum absolute atomic E-state index is 12.7. The van der Waals surface area contributed by atoms with E-state index in [0.29, 0.717) is 18.2 Å². The standard InChI is InChI=1S/C8H5F4NO2/c9-7-2-5(4-13(14)15)1-6(3-7)8(10,11)12/h1-3H,4H2. The first kappa shape index (κ1) is 11.4. The lowest BCUT2D eigenvalue weighted by atomic mass is 10.1. The second-order valence-corrected chi connectivity index (χ2v) is 2.84. The molecule has 0 amide bonds. The summed E-state index contributed by atoms with van der Waals surface area (Å²) in [6.07, 6.45) is -4.70. The van der Waals surface area contributed by atoms with Crippen LogP contribution < -0.4 is 0 Å². The largest absolute Gasteiger partial charge is 0.416 e. The molecule has 0 N–H and O–H groups in total. The summed E-state index contributed by atoms with van der Waals surface area (Å²) >= 11 is 0. The molecule has 1 aromatic carbocycles. The van der Waals surface area contributed by atoms with Crippen molar-refractivity contribution in [3.05, 3.63) is 45.3 Å². The van der Waals surface area contributed by atoms with Gasteiger partial charge in [-0.05, 0) is 18.2 Å². The number of rotatable bonds is 2. The minimum Gasteiger partial charge on any atom is -0.264 e. The molecule has 0 atom stereocenters. The summed E-state index contributed by atoms with van der Waals surface area (Å²) in [4.78, 5) is 9.22. The Hall–Kier alpha value is -1.66. The van der Waals surface area contributed by atoms with E-state index in [-0.39, 0.29) is 5.56 Å². The zero-order chi connectivity index (χ0) is 11.6. The quantitative estimate of drug-likeness (QED) is 0.439. The smallest absolute Gasteiger partial charge is 0.264 e. The number of nitrogens with zero attached hydrogens (tertiary/aromatic N) is 1. The first-order valence-electron chi connectivity index (χ1n) is 3.77. The lowest BCUT2D eigenvalue weighted by molar-refractivity contribution is -0.496. The second-order valence-electron chi connectivity index (χ2n) is 2.84. The Kier molecular flexibility index (Phi) is 2.92. The summed E-state index contributed by atoms with van der Waals surface area (Å²) in [7, 11) is 0. The maximum atomic E-state index is 12.7. The van der Waals surface area contributed by atoms with Crippen molar-refractivity contribution in [2.75, 3.05) is 0 Å². The normalized spacial score (nSPS) is 11.5. The molecule has 0 saturated carbocycles. The van der Waals surface area contributed by atoms with Gasteiger partial charge in [0.25, 0.3) is 0 Å². The zero-order valence-corrected chi connectivity index (χ0v) is 7.21. The van der Waals surface area contributed by atoms with Crippen molar-refractivity contribution in [2.24, 2.45) is 0 Å². The molecule has 0 aliphatic carbocycles. The van der Waals surface area contributed by atoms with E-state index in [2.05, 4.69) is 0 Å². The molecular weight excluding hydrogens is 218 g/mol. The first-order valence-corrected chi connectivity index (χ1v) is 3.77. The minimum atomic E-state index is -4.70. The topological polar surface area (TPSA) is 43.1 Å². The number of halogens is 4. The molecular formula is C8H5F4NO2. The molecule has 7 heteroatoms. The van der Waals surface area contributed by atoms with Crippen molar-refractivity contribution in [3.63, 3.8) is 0 Å². The van der Waals surface area contributed by atoms with Crippen molar-refractivity contribution in [1.82, 2.24) is 0 Å². The molecule has 3 nitrogen and oxygen atoms in total. The van der Waals surface area contributed by atoms with Gasteiger partial charge in [0.15, 0.2) is 0 Å². The Balaban J connectivity index is 3.11. The van der Waals surface area contributed by atoms with Crippen molar-refractivity contribution in [1.29, 1.82) is 0 Å². The Labute approximate surface area is 81.5 Å². The lowest BCUT2D eigenvalue weighted by Gasteiger charge is -2.07. The number of alkyl halides is 3. The van der Waals surface area contributed by atoms with Gasteiger partial charge in [-0.25, -0.2) is 4.39 Å². The van der Waals surface area contributed by atoms with Crippen LogP contribution in [0.3, 0.4) is 0 Å². The van der Waals surface area contributed by atoms with E-state index in [0.717, 1.165) is 0 Å². The maximum Gasteiger partial charge on any atom is 0.416 e. The Morgan fingerprint density at radius 3 is 2.33 bits per heavy atom. The zero-order valence-electron chi connectivity index (χ0n) is 7.21. The van der Waals surface area contributed by atoms with Crippen molar-refractivity contribution >= 4 is 0 Å². The van der Waals surface area contributed by atoms with E-state index < -0.39 is 29.0 Å². The van der Waals surface area contributed by atoms with E-state index in [1.54, 1.807) is 0 Å². The monoisotopic (exact) mass is 223 g/mol. The Morgan fingerprint density at radius 2 is 1.87 bits per heavy atom. The van der Waals surface area contributed by atoms with Crippen molar-refractivity contribution < 1.29 is 22.5 Å². The van der Waals surface area contributed by atoms with Crippen LogP contribution in [0.1, 0.15) is 11.1 Å². The lowest BCUT2D eigenvalue weighted by Crippen LogP contribution is -2.08. The molecule has 0 aliphatic heterocycles. The molecule has 0 heterocycles. The summed E-state index contributed by atoms with van der Waals surface area (Å²) < 4.78 is 49.1. The van der Waals surface area contributed by atoms with Gasteiger partial charge in [-0.3, -0.25) is 10.1 Å². The number of hydrogen-bond donors (Lipinski definition) is 0. The molecule has 0 saturated heterocycles. The van der Waals surface area contributed by atoms with Gasteiger partial charge in [-0.15, -0.1) is 0 Å². The molecule has 82 valence electrons. The molecule has 15 heavy (non-hydrogen) atoms. The van der Waals surface area contributed by atoms with Gasteiger partial charge in [-0.2, -0.15) is 13.2 Å². The highest BCUT2D eigenvalue weighted by molar-refractivity contribution is 5.26. The van der Waals surface area contributed by atoms with E-state index in [9.17, 15) is 27.7 Å². The van der Waals surface area contributed by atoms with Crippen LogP contribution in [0.2, 0.25) is 0 Å². The van der Waals surface area contributed by atoms with Crippen molar-refractivity contribution in [2.45, 2.75) is 12.7 Å². The van der Waals surface area contributed by atoms with Gasteiger partial charge in [-0.1, -0.05) is 0 Å². The molecule has 0 fully saturated rings. The van der Waals surface area contributed by atoms with Crippen LogP contribution in [0.15, 0.2) is 18.2 Å². The van der Waals surface area contributed by atoms with Crippen LogP contribution in [0.5, 0.6) is 0 Å². The third-order valence-electron chi connectivity index (χ3n) is 1.60. The van der Waals surface area contributed by atoms with Crippen LogP contribution in [0.4, 0.5) is 17.6 Å². The third-order valence-corrected chi connectivity index (χ3v) is 1.60. The summed E-state index contributed by atoms with van der Waals surface area (Å²) in [5.74, 6) is -1.14. The summed E-state index contributed by atoms with van der Waals surface area (Å²) in [5.41, 5.74) is -1.54. The molecule has 0 aromatic heterocycles. The van der Waals surface area contributed by atoms with Crippen LogP contribution in [-0.2, 0) is 12.7 Å². The number of nitro groups is 1. The SMILES string of the molecule is O=[N+]([O-])Cc1cc(F)cc(C(F)(F)F)c1. The van der Waals surface area contributed by atoms with E-state index in [1.807, 2.05) is 0 Å². The molecule has 0 aliphatic rings. The van der Waals surface area contributed by atoms with Crippen LogP contribution in [0.25, 0.3) is 0 Å². The van der Waals surface area contributed by atoms with Gasteiger partial charge in [0.05, 0.1) is 5.56 Å². The Bertz CT molecular complexity index is 389. The third kappa shape index (κ3) is 3.19. The van der Waals surface area contributed by atoms with Gasteiger partial charge >= 0.3 is 6.18 Å². The molecule has 0 bridgehead atoms. The molecule has 0 radical (unpaired) electrons. The molecule has 0 unspecified atom stereocenters. The first-order chi connectivity index (χ1) is 6.79. The summed E-state index contributed by atoms with van der Waals surface area (Å²) in [6, 6.07) is 1.56. The highest BCUT2D eigenvalue weighted by Gasteiger charge is 2.31. The fraction of sp³-hybridized carbons (Fsp3) is 0.250.